The maximum atomic E-state index is 10.1. The van der Waals surface area contributed by atoms with Gasteiger partial charge in [-0.25, -0.2) is 14.6 Å². The zero-order valence-electron chi connectivity index (χ0n) is 18.5. The number of fused-ring (bicyclic) bond motifs is 1. The summed E-state index contributed by atoms with van der Waals surface area (Å²) in [6, 6.07) is 1.67. The van der Waals surface area contributed by atoms with Crippen LogP contribution in [0.3, 0.4) is 0 Å². The summed E-state index contributed by atoms with van der Waals surface area (Å²) in [5.74, 6) is 7.17. The van der Waals surface area contributed by atoms with E-state index in [0.717, 1.165) is 11.9 Å². The number of imidazole rings is 1. The van der Waals surface area contributed by atoms with Crippen LogP contribution in [0.4, 0.5) is 5.82 Å². The van der Waals surface area contributed by atoms with Gasteiger partial charge >= 0.3 is 0 Å². The molecule has 0 aliphatic carbocycles. The van der Waals surface area contributed by atoms with E-state index in [0.29, 0.717) is 47.7 Å². The van der Waals surface area contributed by atoms with Crippen LogP contribution in [0.15, 0.2) is 10.7 Å². The number of aliphatic hydroxyl groups is 1. The summed E-state index contributed by atoms with van der Waals surface area (Å²) in [5, 5.41) is 17.6. The van der Waals surface area contributed by atoms with Crippen molar-refractivity contribution < 1.29 is 14.5 Å². The van der Waals surface area contributed by atoms with Gasteiger partial charge in [0.2, 0.25) is 5.88 Å². The lowest BCUT2D eigenvalue weighted by Gasteiger charge is -2.15. The van der Waals surface area contributed by atoms with Crippen molar-refractivity contribution in [2.75, 3.05) is 12.3 Å². The fourth-order valence-electron chi connectivity index (χ4n) is 3.19. The average Bonchev–Trinajstić information content (AvgIpc) is 3.25. The molecule has 0 amide bonds. The van der Waals surface area contributed by atoms with Gasteiger partial charge in [-0.2, -0.15) is 0 Å². The summed E-state index contributed by atoms with van der Waals surface area (Å²) in [5.41, 5.74) is 12.8. The Kier molecular flexibility index (Phi) is 6.48. The van der Waals surface area contributed by atoms with E-state index in [1.165, 1.54) is 0 Å². The molecule has 0 unspecified atom stereocenters. The molecule has 0 saturated carbocycles. The molecule has 0 fully saturated rings. The zero-order chi connectivity index (χ0) is 22.8. The highest BCUT2D eigenvalue weighted by atomic mass is 16.6. The van der Waals surface area contributed by atoms with Crippen LogP contribution in [0.2, 0.25) is 0 Å². The molecule has 3 rings (SSSR count). The number of nitrogens with zero attached hydrogens (tertiary/aromatic N) is 5. The van der Waals surface area contributed by atoms with Crippen LogP contribution in [-0.4, -0.2) is 48.2 Å². The van der Waals surface area contributed by atoms with E-state index in [4.69, 9.17) is 20.8 Å². The van der Waals surface area contributed by atoms with Crippen LogP contribution in [0.1, 0.15) is 46.7 Å². The molecule has 3 aromatic heterocycles. The topological polar surface area (TPSA) is 151 Å². The van der Waals surface area contributed by atoms with Gasteiger partial charge in [0, 0.05) is 18.7 Å². The van der Waals surface area contributed by atoms with E-state index in [9.17, 15) is 5.11 Å². The summed E-state index contributed by atoms with van der Waals surface area (Å²) < 4.78 is 12.5. The van der Waals surface area contributed by atoms with Crippen molar-refractivity contribution in [3.05, 3.63) is 11.8 Å². The van der Waals surface area contributed by atoms with Gasteiger partial charge in [-0.3, -0.25) is 0 Å². The maximum absolute atomic E-state index is 10.1. The smallest absolute Gasteiger partial charge is 0.216 e. The van der Waals surface area contributed by atoms with E-state index < -0.39 is 5.60 Å². The van der Waals surface area contributed by atoms with E-state index >= 15 is 0 Å². The summed E-state index contributed by atoms with van der Waals surface area (Å²) >= 11 is 0. The number of hydrogen-bond donors (Lipinski definition) is 3. The van der Waals surface area contributed by atoms with Crippen LogP contribution in [0, 0.1) is 17.8 Å². The molecule has 166 valence electrons. The lowest BCUT2D eigenvalue weighted by molar-refractivity contribution is 0.143. The Labute approximate surface area is 180 Å². The highest BCUT2D eigenvalue weighted by molar-refractivity contribution is 5.86. The molecule has 31 heavy (non-hydrogen) atoms. The normalized spacial score (nSPS) is 12.8. The van der Waals surface area contributed by atoms with Crippen molar-refractivity contribution >= 4 is 16.9 Å². The SMILES string of the molecule is CCn1c(-c2nonc2N)nc2c(C#CC(C)(C)O)nc(OC[C@H](N)CC(C)C)cc21. The van der Waals surface area contributed by atoms with Gasteiger partial charge in [0.15, 0.2) is 17.3 Å². The van der Waals surface area contributed by atoms with Gasteiger partial charge in [-0.15, -0.1) is 0 Å². The molecule has 0 bridgehead atoms. The third-order valence-electron chi connectivity index (χ3n) is 4.46. The maximum Gasteiger partial charge on any atom is 0.216 e. The van der Waals surface area contributed by atoms with Gasteiger partial charge in [-0.1, -0.05) is 19.8 Å². The van der Waals surface area contributed by atoms with Gasteiger partial charge in [-0.05, 0) is 49.3 Å². The van der Waals surface area contributed by atoms with E-state index in [1.54, 1.807) is 19.9 Å². The van der Waals surface area contributed by atoms with Crippen LogP contribution >= 0.6 is 0 Å². The van der Waals surface area contributed by atoms with Crippen LogP contribution in [0.25, 0.3) is 22.6 Å². The number of hydrogen-bond acceptors (Lipinski definition) is 9. The standard InChI is InChI=1S/C21H29N7O3/c1-6-28-15-10-16(30-11-13(22)9-12(2)3)24-14(7-8-21(4,5)29)17(15)25-20(28)18-19(23)27-31-26-18/h10,12-13,29H,6,9,11,22H2,1-5H3,(H2,23,27)/t13-/m1/s1. The van der Waals surface area contributed by atoms with Crippen molar-refractivity contribution in [3.63, 3.8) is 0 Å². The second-order valence-corrected chi connectivity index (χ2v) is 8.36. The Morgan fingerprint density at radius 2 is 2.03 bits per heavy atom. The van der Waals surface area contributed by atoms with Crippen molar-refractivity contribution in [1.29, 1.82) is 0 Å². The number of aromatic nitrogens is 5. The number of nitrogens with two attached hydrogens (primary N) is 2. The summed E-state index contributed by atoms with van der Waals surface area (Å²) in [6.45, 7) is 10.3. The molecule has 0 aliphatic heterocycles. The van der Waals surface area contributed by atoms with Crippen LogP contribution in [-0.2, 0) is 6.54 Å². The molecule has 0 aromatic carbocycles. The minimum absolute atomic E-state index is 0.115. The minimum Gasteiger partial charge on any atom is -0.476 e. The third kappa shape index (κ3) is 5.31. The van der Waals surface area contributed by atoms with E-state index in [2.05, 4.69) is 46.0 Å². The molecule has 10 nitrogen and oxygen atoms in total. The second kappa shape index (κ2) is 8.91. The monoisotopic (exact) mass is 427 g/mol. The van der Waals surface area contributed by atoms with E-state index in [-0.39, 0.29) is 11.9 Å². The molecular formula is C21H29N7O3. The Hall–Kier alpha value is -3.16. The predicted molar refractivity (Wildman–Crippen MR) is 117 cm³/mol. The Morgan fingerprint density at radius 3 is 2.61 bits per heavy atom. The van der Waals surface area contributed by atoms with Crippen LogP contribution < -0.4 is 16.2 Å². The lowest BCUT2D eigenvalue weighted by Crippen LogP contribution is -2.29. The van der Waals surface area contributed by atoms with Crippen molar-refractivity contribution in [2.24, 2.45) is 11.7 Å². The number of nitrogen functional groups attached to an aromatic ring is 1. The highest BCUT2D eigenvalue weighted by Crippen LogP contribution is 2.29. The van der Waals surface area contributed by atoms with E-state index in [1.807, 2.05) is 11.5 Å². The fraction of sp³-hybridized carbons (Fsp3) is 0.524. The molecular weight excluding hydrogens is 398 g/mol. The minimum atomic E-state index is -1.19. The summed E-state index contributed by atoms with van der Waals surface area (Å²) in [4.78, 5) is 9.18. The number of anilines is 1. The second-order valence-electron chi connectivity index (χ2n) is 8.36. The third-order valence-corrected chi connectivity index (χ3v) is 4.46. The predicted octanol–water partition coefficient (Wildman–Crippen LogP) is 1.96. The molecule has 5 N–H and O–H groups in total. The number of aryl methyl sites for hydroxylation is 1. The summed E-state index contributed by atoms with van der Waals surface area (Å²) in [6.07, 6.45) is 0.836. The molecule has 0 radical (unpaired) electrons. The number of pyridine rings is 1. The Morgan fingerprint density at radius 1 is 1.29 bits per heavy atom. The molecule has 0 spiro atoms. The molecule has 0 aliphatic rings. The fourth-order valence-corrected chi connectivity index (χ4v) is 3.19. The lowest BCUT2D eigenvalue weighted by atomic mass is 10.1. The van der Waals surface area contributed by atoms with Gasteiger partial charge in [0.05, 0.1) is 5.52 Å². The van der Waals surface area contributed by atoms with Crippen molar-refractivity contribution in [2.45, 2.75) is 59.2 Å². The van der Waals surface area contributed by atoms with Crippen molar-refractivity contribution in [3.8, 4) is 29.2 Å². The first-order chi connectivity index (χ1) is 14.6. The van der Waals surface area contributed by atoms with Crippen LogP contribution in [0.5, 0.6) is 5.88 Å². The zero-order valence-corrected chi connectivity index (χ0v) is 18.5. The molecule has 10 heteroatoms. The highest BCUT2D eigenvalue weighted by Gasteiger charge is 2.22. The summed E-state index contributed by atoms with van der Waals surface area (Å²) in [7, 11) is 0. The Bertz CT molecular complexity index is 1120. The first kappa shape index (κ1) is 22.5. The first-order valence-corrected chi connectivity index (χ1v) is 10.2. The number of rotatable bonds is 7. The Balaban J connectivity index is 2.12. The number of ether oxygens (including phenoxy) is 1. The van der Waals surface area contributed by atoms with Gasteiger partial charge < -0.3 is 25.9 Å². The largest absolute Gasteiger partial charge is 0.476 e. The average molecular weight is 428 g/mol. The first-order valence-electron chi connectivity index (χ1n) is 10.2. The van der Waals surface area contributed by atoms with Crippen molar-refractivity contribution in [1.82, 2.24) is 24.8 Å². The molecule has 1 atom stereocenters. The quantitative estimate of drug-likeness (QED) is 0.480. The van der Waals surface area contributed by atoms with Gasteiger partial charge in [0.1, 0.15) is 23.4 Å². The molecule has 3 heterocycles. The van der Waals surface area contributed by atoms with Gasteiger partial charge in [0.25, 0.3) is 0 Å². The molecule has 3 aromatic rings. The molecule has 0 saturated heterocycles.